The Balaban J connectivity index is 1.65. The first kappa shape index (κ1) is 25.6. The molecule has 5 aromatic rings. The second kappa shape index (κ2) is 9.71. The lowest BCUT2D eigenvalue weighted by Gasteiger charge is -2.20. The fourth-order valence-electron chi connectivity index (χ4n) is 4.34. The standard InChI is InChI=1S/C27H22F3N7O2/c1-15-12-14-32-24-21(22(31)35-37(15)24)25(38)33-16(2)23-34-19-10-6-7-17(11-13-27(28,29)30)20(19)26(39)36(23)18-8-4-3-5-9-18/h3-14,16H,1-2H3,(H2,31,35)(H,33,38). The molecule has 198 valence electrons. The summed E-state index contributed by atoms with van der Waals surface area (Å²) in [7, 11) is 0. The van der Waals surface area contributed by atoms with Gasteiger partial charge in [0, 0.05) is 18.0 Å². The van der Waals surface area contributed by atoms with E-state index in [0.29, 0.717) is 5.69 Å². The highest BCUT2D eigenvalue weighted by atomic mass is 19.4. The zero-order valence-electron chi connectivity index (χ0n) is 20.8. The van der Waals surface area contributed by atoms with Crippen LogP contribution < -0.4 is 16.6 Å². The number of nitrogens with zero attached hydrogens (tertiary/aromatic N) is 5. The number of halogens is 3. The van der Waals surface area contributed by atoms with E-state index in [0.717, 1.165) is 11.8 Å². The van der Waals surface area contributed by atoms with Crippen LogP contribution in [0, 0.1) is 6.92 Å². The van der Waals surface area contributed by atoms with E-state index in [4.69, 9.17) is 5.73 Å². The Kier molecular flexibility index (Phi) is 6.38. The number of para-hydroxylation sites is 1. The minimum atomic E-state index is -4.56. The molecule has 5 rings (SSSR count). The van der Waals surface area contributed by atoms with Gasteiger partial charge in [0.1, 0.15) is 11.4 Å². The Morgan fingerprint density at radius 3 is 2.56 bits per heavy atom. The summed E-state index contributed by atoms with van der Waals surface area (Å²) in [5.41, 5.74) is 7.19. The smallest absolute Gasteiger partial charge is 0.381 e. The van der Waals surface area contributed by atoms with E-state index in [1.165, 1.54) is 33.5 Å². The van der Waals surface area contributed by atoms with E-state index in [9.17, 15) is 22.8 Å². The van der Waals surface area contributed by atoms with Crippen molar-refractivity contribution in [3.8, 4) is 5.69 Å². The Morgan fingerprint density at radius 2 is 1.85 bits per heavy atom. The highest BCUT2D eigenvalue weighted by Crippen LogP contribution is 2.24. The number of nitrogen functional groups attached to an aromatic ring is 1. The molecule has 39 heavy (non-hydrogen) atoms. The zero-order chi connectivity index (χ0) is 27.9. The SMILES string of the molecule is Cc1ccnc2c(C(=O)NC(C)c3nc4cccc(C=CC(F)(F)F)c4c(=O)n3-c3ccccc3)c(N)nn12. The van der Waals surface area contributed by atoms with Crippen molar-refractivity contribution >= 4 is 34.4 Å². The molecule has 3 heterocycles. The van der Waals surface area contributed by atoms with Gasteiger partial charge in [-0.3, -0.25) is 14.2 Å². The van der Waals surface area contributed by atoms with E-state index in [1.807, 2.05) is 0 Å². The van der Waals surface area contributed by atoms with Gasteiger partial charge in [0.05, 0.1) is 22.6 Å². The monoisotopic (exact) mass is 533 g/mol. The van der Waals surface area contributed by atoms with Crippen LogP contribution >= 0.6 is 0 Å². The molecule has 0 aliphatic rings. The highest BCUT2D eigenvalue weighted by molar-refractivity contribution is 6.04. The van der Waals surface area contributed by atoms with Gasteiger partial charge >= 0.3 is 6.18 Å². The van der Waals surface area contributed by atoms with E-state index < -0.39 is 23.7 Å². The molecule has 0 bridgehead atoms. The summed E-state index contributed by atoms with van der Waals surface area (Å²) < 4.78 is 41.4. The number of hydrogen-bond donors (Lipinski definition) is 2. The largest absolute Gasteiger partial charge is 0.409 e. The van der Waals surface area contributed by atoms with Gasteiger partial charge in [-0.05, 0) is 49.8 Å². The molecule has 0 fully saturated rings. The van der Waals surface area contributed by atoms with Crippen LogP contribution in [0.15, 0.2) is 71.7 Å². The summed E-state index contributed by atoms with van der Waals surface area (Å²) >= 11 is 0. The number of hydrogen-bond acceptors (Lipinski definition) is 6. The number of aromatic nitrogens is 5. The number of alkyl halides is 3. The molecular weight excluding hydrogens is 511 g/mol. The van der Waals surface area contributed by atoms with Gasteiger partial charge in [-0.2, -0.15) is 13.2 Å². The molecule has 2 aromatic carbocycles. The molecule has 0 radical (unpaired) electrons. The molecule has 3 aromatic heterocycles. The van der Waals surface area contributed by atoms with Gasteiger partial charge in [0.15, 0.2) is 11.5 Å². The average molecular weight is 534 g/mol. The lowest BCUT2D eigenvalue weighted by Crippen LogP contribution is -2.33. The zero-order valence-corrected chi connectivity index (χ0v) is 20.8. The van der Waals surface area contributed by atoms with E-state index in [-0.39, 0.29) is 45.4 Å². The second-order valence-electron chi connectivity index (χ2n) is 8.84. The molecular formula is C27H22F3N7O2. The van der Waals surface area contributed by atoms with Crippen LogP contribution in [0.4, 0.5) is 19.0 Å². The number of carbonyl (C=O) groups excluding carboxylic acids is 1. The maximum absolute atomic E-state index is 13.8. The summed E-state index contributed by atoms with van der Waals surface area (Å²) in [6.45, 7) is 3.43. The summed E-state index contributed by atoms with van der Waals surface area (Å²) in [6, 6.07) is 13.9. The number of fused-ring (bicyclic) bond motifs is 2. The fraction of sp³-hybridized carbons (Fsp3) is 0.148. The first-order chi connectivity index (χ1) is 18.5. The van der Waals surface area contributed by atoms with Gasteiger partial charge in [0.25, 0.3) is 11.5 Å². The van der Waals surface area contributed by atoms with Gasteiger partial charge in [-0.25, -0.2) is 14.5 Å². The molecule has 0 saturated carbocycles. The second-order valence-corrected chi connectivity index (χ2v) is 8.84. The van der Waals surface area contributed by atoms with Crippen LogP contribution in [0.5, 0.6) is 0 Å². The number of carbonyl (C=O) groups is 1. The number of nitrogens with two attached hydrogens (primary N) is 1. The topological polar surface area (TPSA) is 120 Å². The van der Waals surface area contributed by atoms with Crippen molar-refractivity contribution in [2.75, 3.05) is 5.73 Å². The Hall–Kier alpha value is -5.00. The van der Waals surface area contributed by atoms with Gasteiger partial charge in [-0.15, -0.1) is 5.10 Å². The summed E-state index contributed by atoms with van der Waals surface area (Å²) in [5.74, 6) is -0.429. The van der Waals surface area contributed by atoms with Crippen molar-refractivity contribution in [1.29, 1.82) is 0 Å². The van der Waals surface area contributed by atoms with Gasteiger partial charge in [-0.1, -0.05) is 30.3 Å². The fourth-order valence-corrected chi connectivity index (χ4v) is 4.34. The first-order valence-electron chi connectivity index (χ1n) is 11.8. The predicted molar refractivity (Wildman–Crippen MR) is 140 cm³/mol. The number of benzene rings is 2. The van der Waals surface area contributed by atoms with Crippen molar-refractivity contribution in [1.82, 2.24) is 29.5 Å². The van der Waals surface area contributed by atoms with Crippen LogP contribution in [0.1, 0.15) is 40.4 Å². The van der Waals surface area contributed by atoms with Crippen molar-refractivity contribution in [2.24, 2.45) is 0 Å². The van der Waals surface area contributed by atoms with E-state index in [2.05, 4.69) is 20.4 Å². The quantitative estimate of drug-likeness (QED) is 0.346. The molecule has 1 unspecified atom stereocenters. The third-order valence-corrected chi connectivity index (χ3v) is 6.12. The number of aryl methyl sites for hydroxylation is 1. The summed E-state index contributed by atoms with van der Waals surface area (Å²) in [5, 5.41) is 7.02. The van der Waals surface area contributed by atoms with E-state index in [1.54, 1.807) is 50.2 Å². The molecule has 1 amide bonds. The highest BCUT2D eigenvalue weighted by Gasteiger charge is 2.26. The van der Waals surface area contributed by atoms with Crippen molar-refractivity contribution in [2.45, 2.75) is 26.1 Å². The summed E-state index contributed by atoms with van der Waals surface area (Å²) in [4.78, 5) is 36.0. The van der Waals surface area contributed by atoms with Crippen molar-refractivity contribution in [3.05, 3.63) is 99.9 Å². The van der Waals surface area contributed by atoms with Crippen LogP contribution in [0.25, 0.3) is 28.3 Å². The van der Waals surface area contributed by atoms with Crippen molar-refractivity contribution < 1.29 is 18.0 Å². The first-order valence-corrected chi connectivity index (χ1v) is 11.8. The molecule has 0 aliphatic carbocycles. The van der Waals surface area contributed by atoms with Gasteiger partial charge in [0.2, 0.25) is 0 Å². The van der Waals surface area contributed by atoms with Gasteiger partial charge < -0.3 is 11.1 Å². The molecule has 12 heteroatoms. The van der Waals surface area contributed by atoms with Crippen LogP contribution in [0.2, 0.25) is 0 Å². The maximum Gasteiger partial charge on any atom is 0.409 e. The van der Waals surface area contributed by atoms with Crippen LogP contribution in [0.3, 0.4) is 0 Å². The minimum Gasteiger partial charge on any atom is -0.381 e. The van der Waals surface area contributed by atoms with Crippen LogP contribution in [-0.2, 0) is 0 Å². The minimum absolute atomic E-state index is 0.00989. The average Bonchev–Trinajstić information content (AvgIpc) is 3.24. The normalized spacial score (nSPS) is 12.8. The lowest BCUT2D eigenvalue weighted by atomic mass is 10.1. The summed E-state index contributed by atoms with van der Waals surface area (Å²) in [6.07, 6.45) is -2.11. The molecule has 1 atom stereocenters. The lowest BCUT2D eigenvalue weighted by molar-refractivity contribution is -0.0790. The third kappa shape index (κ3) is 4.83. The van der Waals surface area contributed by atoms with Crippen molar-refractivity contribution in [3.63, 3.8) is 0 Å². The Morgan fingerprint density at radius 1 is 1.10 bits per heavy atom. The van der Waals surface area contributed by atoms with Crippen LogP contribution in [-0.4, -0.2) is 36.2 Å². The molecule has 0 saturated heterocycles. The number of amides is 1. The maximum atomic E-state index is 13.8. The number of nitrogens with one attached hydrogen (secondary N) is 1. The number of rotatable bonds is 5. The molecule has 3 N–H and O–H groups in total. The number of allylic oxidation sites excluding steroid dienone is 1. The molecule has 0 spiro atoms. The molecule has 0 aliphatic heterocycles. The Bertz CT molecular complexity index is 1810. The predicted octanol–water partition coefficient (Wildman–Crippen LogP) is 4.39. The third-order valence-electron chi connectivity index (χ3n) is 6.12. The molecule has 9 nitrogen and oxygen atoms in total. The number of anilines is 1. The van der Waals surface area contributed by atoms with E-state index >= 15 is 0 Å². The Labute approximate surface area is 219 Å².